The van der Waals surface area contributed by atoms with E-state index in [2.05, 4.69) is 20.4 Å². The third-order valence-electron chi connectivity index (χ3n) is 5.54. The van der Waals surface area contributed by atoms with Crippen LogP contribution in [0, 0.1) is 12.7 Å². The van der Waals surface area contributed by atoms with Crippen LogP contribution in [0.2, 0.25) is 0 Å². The van der Waals surface area contributed by atoms with Crippen molar-refractivity contribution in [3.8, 4) is 11.5 Å². The molecule has 0 fully saturated rings. The van der Waals surface area contributed by atoms with Crippen molar-refractivity contribution in [1.82, 2.24) is 4.98 Å². The van der Waals surface area contributed by atoms with Crippen LogP contribution >= 0.6 is 11.3 Å². The number of fused-ring (bicyclic) bond motifs is 2. The number of aryl methyl sites for hydroxylation is 1. The number of ether oxygens (including phenoxy) is 2. The van der Waals surface area contributed by atoms with E-state index in [0.29, 0.717) is 21.5 Å². The molecule has 7 nitrogen and oxygen atoms in total. The van der Waals surface area contributed by atoms with Gasteiger partial charge in [-0.1, -0.05) is 12.1 Å². The number of carbonyl (C=O) groups excluding carboxylic acids is 2. The first kappa shape index (κ1) is 23.6. The van der Waals surface area contributed by atoms with Crippen LogP contribution in [-0.4, -0.2) is 30.0 Å². The molecule has 2 N–H and O–H groups in total. The van der Waals surface area contributed by atoms with Crippen molar-refractivity contribution >= 4 is 44.7 Å². The topological polar surface area (TPSA) is 89.5 Å². The molecular weight excluding hydrogens is 495 g/mol. The highest BCUT2D eigenvalue weighted by Gasteiger charge is 2.39. The number of alkyl halides is 2. The van der Waals surface area contributed by atoms with Gasteiger partial charge in [-0.15, -0.1) is 11.3 Å². The molecule has 184 valence electrons. The van der Waals surface area contributed by atoms with Gasteiger partial charge in [0.15, 0.2) is 0 Å². The second-order valence-corrected chi connectivity index (χ2v) is 9.24. The number of halogens is 3. The van der Waals surface area contributed by atoms with Crippen LogP contribution in [0.1, 0.15) is 31.3 Å². The highest BCUT2D eigenvalue weighted by Crippen LogP contribution is 2.39. The summed E-state index contributed by atoms with van der Waals surface area (Å²) in [5.74, 6) is -2.16. The summed E-state index contributed by atoms with van der Waals surface area (Å²) in [6.07, 6.45) is -3.90. The van der Waals surface area contributed by atoms with E-state index in [0.717, 1.165) is 11.1 Å². The van der Waals surface area contributed by atoms with E-state index in [1.165, 1.54) is 48.8 Å². The first-order chi connectivity index (χ1) is 17.1. The van der Waals surface area contributed by atoms with Gasteiger partial charge in [-0.05, 0) is 37.3 Å². The summed E-state index contributed by atoms with van der Waals surface area (Å²) in [7, 11) is 1.42. The first-order valence-electron chi connectivity index (χ1n) is 10.7. The predicted octanol–water partition coefficient (Wildman–Crippen LogP) is 5.78. The second kappa shape index (κ2) is 8.83. The normalized spacial score (nSPS) is 13.7. The number of anilines is 2. The highest BCUT2D eigenvalue weighted by molar-refractivity contribution is 7.19. The maximum Gasteiger partial charge on any atom is 0.402 e. The number of hydrogen-bond acceptors (Lipinski definition) is 6. The predicted molar refractivity (Wildman–Crippen MR) is 129 cm³/mol. The van der Waals surface area contributed by atoms with E-state index < -0.39 is 35.7 Å². The number of rotatable bonds is 5. The third kappa shape index (κ3) is 4.33. The minimum atomic E-state index is -3.32. The maximum atomic E-state index is 14.8. The van der Waals surface area contributed by atoms with Gasteiger partial charge in [-0.2, -0.15) is 8.78 Å². The molecular formula is C25H18F3N3O4S. The standard InChI is InChI=1S/C25H18F3N3O4S/c1-12-29-17-8-9-18(34-2)21(22(17)36-12)24(33)31-16-5-3-4-15(26)20(16)23(32)30-14-7-6-13-11-25(27,28)35-19(13)10-14/h3-10H,11H2,1-2H3,(H,30,32)(H,31,33). The van der Waals surface area contributed by atoms with Crippen molar-refractivity contribution in [2.24, 2.45) is 0 Å². The Hall–Kier alpha value is -4.12. The van der Waals surface area contributed by atoms with Gasteiger partial charge in [-0.3, -0.25) is 9.59 Å². The number of nitrogens with zero attached hydrogens (tertiary/aromatic N) is 1. The zero-order valence-electron chi connectivity index (χ0n) is 18.9. The number of carbonyl (C=O) groups is 2. The van der Waals surface area contributed by atoms with Crippen LogP contribution in [0.15, 0.2) is 48.5 Å². The van der Waals surface area contributed by atoms with Crippen molar-refractivity contribution in [1.29, 1.82) is 0 Å². The van der Waals surface area contributed by atoms with Crippen molar-refractivity contribution < 1.29 is 32.2 Å². The molecule has 0 atom stereocenters. The summed E-state index contributed by atoms with van der Waals surface area (Å²) < 4.78 is 52.4. The number of benzene rings is 3. The monoisotopic (exact) mass is 513 g/mol. The molecule has 2 amide bonds. The number of hydrogen-bond donors (Lipinski definition) is 2. The Kier molecular flexibility index (Phi) is 5.79. The Morgan fingerprint density at radius 1 is 1.08 bits per heavy atom. The van der Waals surface area contributed by atoms with Crippen LogP contribution < -0.4 is 20.1 Å². The van der Waals surface area contributed by atoms with Crippen LogP contribution in [0.25, 0.3) is 10.2 Å². The quantitative estimate of drug-likeness (QED) is 0.353. The van der Waals surface area contributed by atoms with E-state index in [-0.39, 0.29) is 22.7 Å². The molecule has 0 aliphatic carbocycles. The van der Waals surface area contributed by atoms with Gasteiger partial charge in [0.2, 0.25) is 0 Å². The van der Waals surface area contributed by atoms with Gasteiger partial charge < -0.3 is 20.1 Å². The van der Waals surface area contributed by atoms with Gasteiger partial charge in [0.25, 0.3) is 11.8 Å². The molecule has 3 aromatic carbocycles. The fraction of sp³-hybridized carbons (Fsp3) is 0.160. The molecule has 1 aromatic heterocycles. The molecule has 11 heteroatoms. The summed E-state index contributed by atoms with van der Waals surface area (Å²) in [6.45, 7) is 1.80. The third-order valence-corrected chi connectivity index (χ3v) is 6.55. The molecule has 0 saturated carbocycles. The lowest BCUT2D eigenvalue weighted by Gasteiger charge is -2.14. The first-order valence-corrected chi connectivity index (χ1v) is 11.5. The van der Waals surface area contributed by atoms with E-state index in [1.807, 2.05) is 0 Å². The average molecular weight is 513 g/mol. The Labute approximate surface area is 206 Å². The summed E-state index contributed by atoms with van der Waals surface area (Å²) in [5.41, 5.74) is 0.714. The fourth-order valence-electron chi connectivity index (χ4n) is 4.00. The Balaban J connectivity index is 1.45. The van der Waals surface area contributed by atoms with Gasteiger partial charge in [0.05, 0.1) is 40.0 Å². The number of aromatic nitrogens is 1. The number of methoxy groups -OCH3 is 1. The molecule has 5 rings (SSSR count). The van der Waals surface area contributed by atoms with Gasteiger partial charge in [0, 0.05) is 17.3 Å². The van der Waals surface area contributed by atoms with Crippen LogP contribution in [-0.2, 0) is 6.42 Å². The molecule has 0 spiro atoms. The van der Waals surface area contributed by atoms with Crippen LogP contribution in [0.4, 0.5) is 24.5 Å². The van der Waals surface area contributed by atoms with E-state index >= 15 is 0 Å². The number of nitrogens with one attached hydrogen (secondary N) is 2. The van der Waals surface area contributed by atoms with Gasteiger partial charge in [-0.25, -0.2) is 9.37 Å². The highest BCUT2D eigenvalue weighted by atomic mass is 32.1. The van der Waals surface area contributed by atoms with Crippen LogP contribution in [0.3, 0.4) is 0 Å². The largest absolute Gasteiger partial charge is 0.496 e. The minimum absolute atomic E-state index is 0.0695. The summed E-state index contributed by atoms with van der Waals surface area (Å²) in [6, 6.07) is 11.2. The zero-order chi connectivity index (χ0) is 25.6. The fourth-order valence-corrected chi connectivity index (χ4v) is 4.95. The molecule has 36 heavy (non-hydrogen) atoms. The molecule has 0 bridgehead atoms. The molecule has 0 saturated heterocycles. The Morgan fingerprint density at radius 3 is 2.64 bits per heavy atom. The molecule has 4 aromatic rings. The average Bonchev–Trinajstić information content (AvgIpc) is 3.34. The van der Waals surface area contributed by atoms with Crippen molar-refractivity contribution in [2.45, 2.75) is 19.5 Å². The van der Waals surface area contributed by atoms with E-state index in [4.69, 9.17) is 4.74 Å². The molecule has 0 radical (unpaired) electrons. The number of thiazole rings is 1. The van der Waals surface area contributed by atoms with Crippen molar-refractivity contribution in [3.05, 3.63) is 76.0 Å². The molecule has 2 heterocycles. The lowest BCUT2D eigenvalue weighted by molar-refractivity contribution is -0.159. The summed E-state index contributed by atoms with van der Waals surface area (Å²) in [4.78, 5) is 30.7. The van der Waals surface area contributed by atoms with Gasteiger partial charge >= 0.3 is 6.11 Å². The molecule has 0 unspecified atom stereocenters. The molecule has 1 aliphatic rings. The van der Waals surface area contributed by atoms with Crippen molar-refractivity contribution in [2.75, 3.05) is 17.7 Å². The van der Waals surface area contributed by atoms with Crippen LogP contribution in [0.5, 0.6) is 11.5 Å². The maximum absolute atomic E-state index is 14.8. The van der Waals surface area contributed by atoms with Gasteiger partial charge in [0.1, 0.15) is 22.9 Å². The lowest BCUT2D eigenvalue weighted by atomic mass is 10.1. The second-order valence-electron chi connectivity index (χ2n) is 8.03. The lowest BCUT2D eigenvalue weighted by Crippen LogP contribution is -2.20. The minimum Gasteiger partial charge on any atom is -0.496 e. The Morgan fingerprint density at radius 2 is 1.86 bits per heavy atom. The summed E-state index contributed by atoms with van der Waals surface area (Å²) >= 11 is 1.30. The van der Waals surface area contributed by atoms with E-state index in [9.17, 15) is 22.8 Å². The smallest absolute Gasteiger partial charge is 0.402 e. The van der Waals surface area contributed by atoms with Crippen molar-refractivity contribution in [3.63, 3.8) is 0 Å². The Bertz CT molecular complexity index is 1540. The van der Waals surface area contributed by atoms with E-state index in [1.54, 1.807) is 19.1 Å². The molecule has 1 aliphatic heterocycles. The number of amides is 2. The summed E-state index contributed by atoms with van der Waals surface area (Å²) in [5, 5.41) is 5.82. The SMILES string of the molecule is COc1ccc2nc(C)sc2c1C(=O)Nc1cccc(F)c1C(=O)Nc1ccc2c(c1)OC(F)(F)C2. The zero-order valence-corrected chi connectivity index (χ0v) is 19.8.